The van der Waals surface area contributed by atoms with Crippen molar-refractivity contribution in [1.82, 2.24) is 4.98 Å². The van der Waals surface area contributed by atoms with Crippen molar-refractivity contribution >= 4 is 17.3 Å². The molecule has 0 aliphatic heterocycles. The number of benzene rings is 1. The smallest absolute Gasteiger partial charge is 0.219 e. The maximum Gasteiger partial charge on any atom is 0.219 e. The minimum absolute atomic E-state index is 0.0601. The lowest BCUT2D eigenvalue weighted by molar-refractivity contribution is 0.0812. The molecule has 0 unspecified atom stereocenters. The van der Waals surface area contributed by atoms with Crippen LogP contribution in [0.1, 0.15) is 69.7 Å². The van der Waals surface area contributed by atoms with E-state index in [-0.39, 0.29) is 17.3 Å². The summed E-state index contributed by atoms with van der Waals surface area (Å²) in [4.78, 5) is 39.0. The van der Waals surface area contributed by atoms with Crippen molar-refractivity contribution in [2.45, 2.75) is 47.1 Å². The molecule has 1 atom stereocenters. The molecule has 132 valence electrons. The number of ketones is 3. The molecule has 0 bridgehead atoms. The van der Waals surface area contributed by atoms with Gasteiger partial charge in [-0.3, -0.25) is 14.4 Å². The summed E-state index contributed by atoms with van der Waals surface area (Å²) >= 11 is 0. The zero-order valence-corrected chi connectivity index (χ0v) is 15.2. The molecule has 5 heteroatoms. The van der Waals surface area contributed by atoms with Gasteiger partial charge in [-0.15, -0.1) is 0 Å². The number of aromatic amines is 1. The molecule has 1 aromatic carbocycles. The van der Waals surface area contributed by atoms with E-state index in [1.54, 1.807) is 45.0 Å². The van der Waals surface area contributed by atoms with Gasteiger partial charge in [0.05, 0.1) is 5.69 Å². The molecule has 0 aliphatic carbocycles. The average molecular weight is 341 g/mol. The summed E-state index contributed by atoms with van der Waals surface area (Å²) < 4.78 is 5.70. The van der Waals surface area contributed by atoms with Crippen LogP contribution in [0.2, 0.25) is 0 Å². The number of Topliss-reactive ketones (excluding diaryl/α,β-unsaturated/α-hetero) is 3. The van der Waals surface area contributed by atoms with Gasteiger partial charge in [-0.05, 0) is 57.5 Å². The van der Waals surface area contributed by atoms with Crippen LogP contribution in [0, 0.1) is 13.8 Å². The molecule has 1 heterocycles. The van der Waals surface area contributed by atoms with Crippen molar-refractivity contribution in [2.24, 2.45) is 0 Å². The highest BCUT2D eigenvalue weighted by Crippen LogP contribution is 2.22. The summed E-state index contributed by atoms with van der Waals surface area (Å²) in [5, 5.41) is 0. The standard InChI is InChI=1S/C20H23NO4/c1-6-17(23)15-7-9-16(10-8-15)25-14(5)20(24)19-11(2)18(13(4)22)12(3)21-19/h7-10,14,21H,6H2,1-5H3/t14-/m1/s1. The highest BCUT2D eigenvalue weighted by Gasteiger charge is 2.24. The SMILES string of the molecule is CCC(=O)c1ccc(O[C@H](C)C(=O)c2[nH]c(C)c(C(C)=O)c2C)cc1. The molecule has 0 amide bonds. The van der Waals surface area contributed by atoms with Crippen LogP contribution in [0.5, 0.6) is 5.75 Å². The van der Waals surface area contributed by atoms with Gasteiger partial charge in [0.15, 0.2) is 17.7 Å². The quantitative estimate of drug-likeness (QED) is 0.770. The molecule has 25 heavy (non-hydrogen) atoms. The molecule has 0 saturated heterocycles. The van der Waals surface area contributed by atoms with E-state index in [9.17, 15) is 14.4 Å². The molecule has 1 N–H and O–H groups in total. The Morgan fingerprint density at radius 3 is 2.20 bits per heavy atom. The molecular formula is C20H23NO4. The Hall–Kier alpha value is -2.69. The lowest BCUT2D eigenvalue weighted by Gasteiger charge is -2.14. The second-order valence-electron chi connectivity index (χ2n) is 6.11. The highest BCUT2D eigenvalue weighted by molar-refractivity contribution is 6.04. The lowest BCUT2D eigenvalue weighted by atomic mass is 10.0. The van der Waals surface area contributed by atoms with Crippen LogP contribution >= 0.6 is 0 Å². The van der Waals surface area contributed by atoms with Crippen molar-refractivity contribution in [3.63, 3.8) is 0 Å². The first-order valence-corrected chi connectivity index (χ1v) is 8.30. The fourth-order valence-electron chi connectivity index (χ4n) is 2.91. The van der Waals surface area contributed by atoms with Gasteiger partial charge < -0.3 is 9.72 Å². The van der Waals surface area contributed by atoms with Crippen LogP contribution in [-0.2, 0) is 0 Å². The van der Waals surface area contributed by atoms with Gasteiger partial charge in [0, 0.05) is 23.2 Å². The first-order chi connectivity index (χ1) is 11.8. The van der Waals surface area contributed by atoms with Gasteiger partial charge in [0.1, 0.15) is 5.75 Å². The van der Waals surface area contributed by atoms with E-state index in [1.165, 1.54) is 6.92 Å². The maximum atomic E-state index is 12.7. The largest absolute Gasteiger partial charge is 0.483 e. The Morgan fingerprint density at radius 1 is 1.12 bits per heavy atom. The number of ether oxygens (including phenoxy) is 1. The van der Waals surface area contributed by atoms with Crippen LogP contribution < -0.4 is 4.74 Å². The second-order valence-corrected chi connectivity index (χ2v) is 6.11. The number of rotatable bonds is 7. The molecular weight excluding hydrogens is 318 g/mol. The Morgan fingerprint density at radius 2 is 1.72 bits per heavy atom. The van der Waals surface area contributed by atoms with Gasteiger partial charge in [-0.2, -0.15) is 0 Å². The topological polar surface area (TPSA) is 76.2 Å². The number of H-pyrrole nitrogens is 1. The Bertz CT molecular complexity index is 815. The lowest BCUT2D eigenvalue weighted by Crippen LogP contribution is -2.25. The van der Waals surface area contributed by atoms with Gasteiger partial charge in [0.25, 0.3) is 0 Å². The van der Waals surface area contributed by atoms with Crippen LogP contribution in [0.4, 0.5) is 0 Å². The molecule has 0 saturated carbocycles. The monoisotopic (exact) mass is 341 g/mol. The minimum Gasteiger partial charge on any atom is -0.483 e. The number of aryl methyl sites for hydroxylation is 1. The van der Waals surface area contributed by atoms with E-state index < -0.39 is 6.10 Å². The zero-order valence-electron chi connectivity index (χ0n) is 15.2. The Kier molecular flexibility index (Phi) is 5.57. The van der Waals surface area contributed by atoms with Crippen LogP contribution in [0.3, 0.4) is 0 Å². The zero-order chi connectivity index (χ0) is 18.7. The predicted molar refractivity (Wildman–Crippen MR) is 95.8 cm³/mol. The molecule has 0 fully saturated rings. The van der Waals surface area contributed by atoms with Crippen molar-refractivity contribution < 1.29 is 19.1 Å². The third-order valence-corrected chi connectivity index (χ3v) is 4.22. The third kappa shape index (κ3) is 3.87. The summed E-state index contributed by atoms with van der Waals surface area (Å²) in [5.74, 6) is 0.281. The van der Waals surface area contributed by atoms with Crippen molar-refractivity contribution in [3.8, 4) is 5.75 Å². The third-order valence-electron chi connectivity index (χ3n) is 4.22. The fourth-order valence-corrected chi connectivity index (χ4v) is 2.91. The van der Waals surface area contributed by atoms with Crippen molar-refractivity contribution in [3.05, 3.63) is 52.3 Å². The number of hydrogen-bond donors (Lipinski definition) is 1. The minimum atomic E-state index is -0.718. The molecule has 0 radical (unpaired) electrons. The van der Waals surface area contributed by atoms with E-state index in [0.717, 1.165) is 0 Å². The van der Waals surface area contributed by atoms with E-state index >= 15 is 0 Å². The number of aromatic nitrogens is 1. The summed E-state index contributed by atoms with van der Waals surface area (Å²) in [6.07, 6.45) is -0.275. The molecule has 2 rings (SSSR count). The summed E-state index contributed by atoms with van der Waals surface area (Å²) in [6, 6.07) is 6.74. The molecule has 0 aliphatic rings. The van der Waals surface area contributed by atoms with Crippen LogP contribution in [0.15, 0.2) is 24.3 Å². The fraction of sp³-hybridized carbons (Fsp3) is 0.350. The molecule has 1 aromatic heterocycles. The number of carbonyl (C=O) groups is 3. The van der Waals surface area contributed by atoms with Crippen molar-refractivity contribution in [2.75, 3.05) is 0 Å². The van der Waals surface area contributed by atoms with E-state index in [0.29, 0.717) is 40.2 Å². The molecule has 0 spiro atoms. The number of hydrogen-bond acceptors (Lipinski definition) is 4. The predicted octanol–water partition coefficient (Wildman–Crippen LogP) is 4.08. The molecule has 2 aromatic rings. The first-order valence-electron chi connectivity index (χ1n) is 8.30. The van der Waals surface area contributed by atoms with Gasteiger partial charge in [-0.1, -0.05) is 6.92 Å². The summed E-state index contributed by atoms with van der Waals surface area (Å²) in [6.45, 7) is 8.48. The summed E-state index contributed by atoms with van der Waals surface area (Å²) in [7, 11) is 0. The molecule has 5 nitrogen and oxygen atoms in total. The first kappa shape index (κ1) is 18.6. The number of nitrogens with one attached hydrogen (secondary N) is 1. The normalized spacial score (nSPS) is 11.9. The summed E-state index contributed by atoms with van der Waals surface area (Å²) in [5.41, 5.74) is 2.90. The van der Waals surface area contributed by atoms with Crippen LogP contribution in [0.25, 0.3) is 0 Å². The second kappa shape index (κ2) is 7.47. The Labute approximate surface area is 147 Å². The van der Waals surface area contributed by atoms with Gasteiger partial charge in [-0.25, -0.2) is 0 Å². The number of carbonyl (C=O) groups excluding carboxylic acids is 3. The average Bonchev–Trinajstić information content (AvgIpc) is 2.88. The van der Waals surface area contributed by atoms with Crippen LogP contribution in [-0.4, -0.2) is 28.4 Å². The van der Waals surface area contributed by atoms with Gasteiger partial charge >= 0.3 is 0 Å². The van der Waals surface area contributed by atoms with E-state index in [1.807, 2.05) is 6.92 Å². The van der Waals surface area contributed by atoms with E-state index in [2.05, 4.69) is 4.98 Å². The van der Waals surface area contributed by atoms with E-state index in [4.69, 9.17) is 4.74 Å². The maximum absolute atomic E-state index is 12.7. The Balaban J connectivity index is 2.17. The van der Waals surface area contributed by atoms with Gasteiger partial charge in [0.2, 0.25) is 5.78 Å². The van der Waals surface area contributed by atoms with Crippen molar-refractivity contribution in [1.29, 1.82) is 0 Å². The highest BCUT2D eigenvalue weighted by atomic mass is 16.5.